The van der Waals surface area contributed by atoms with Gasteiger partial charge in [-0.3, -0.25) is 10.1 Å². The van der Waals surface area contributed by atoms with Crippen LogP contribution in [0.25, 0.3) is 0 Å². The normalized spacial score (nSPS) is 11.9. The molecule has 2 rings (SSSR count). The fourth-order valence-electron chi connectivity index (χ4n) is 1.52. The van der Waals surface area contributed by atoms with Crippen LogP contribution in [-0.2, 0) is 0 Å². The van der Waals surface area contributed by atoms with E-state index < -0.39 is 4.92 Å². The van der Waals surface area contributed by atoms with Crippen molar-refractivity contribution in [2.45, 2.75) is 13.0 Å². The second-order valence-corrected chi connectivity index (χ2v) is 4.07. The van der Waals surface area contributed by atoms with Gasteiger partial charge in [-0.25, -0.2) is 4.98 Å². The van der Waals surface area contributed by atoms with E-state index in [2.05, 4.69) is 4.98 Å². The summed E-state index contributed by atoms with van der Waals surface area (Å²) >= 11 is 0. The van der Waals surface area contributed by atoms with Gasteiger partial charge in [0.15, 0.2) is 0 Å². The largest absolute Gasteiger partial charge is 0.439 e. The lowest BCUT2D eigenvalue weighted by atomic mass is 10.1. The van der Waals surface area contributed by atoms with E-state index >= 15 is 0 Å². The smallest absolute Gasteiger partial charge is 0.269 e. The summed E-state index contributed by atoms with van der Waals surface area (Å²) in [7, 11) is 0. The van der Waals surface area contributed by atoms with E-state index in [0.717, 1.165) is 5.56 Å². The van der Waals surface area contributed by atoms with E-state index in [0.29, 0.717) is 11.6 Å². The van der Waals surface area contributed by atoms with Crippen LogP contribution in [0.3, 0.4) is 0 Å². The zero-order valence-corrected chi connectivity index (χ0v) is 10.3. The van der Waals surface area contributed by atoms with E-state index in [9.17, 15) is 10.1 Å². The van der Waals surface area contributed by atoms with Crippen molar-refractivity contribution in [1.29, 1.82) is 0 Å². The molecule has 0 aliphatic heterocycles. The first-order chi connectivity index (χ1) is 9.06. The molecule has 98 valence electrons. The summed E-state index contributed by atoms with van der Waals surface area (Å²) in [5.41, 5.74) is 6.70. The molecule has 0 saturated carbocycles. The Labute approximate surface area is 110 Å². The van der Waals surface area contributed by atoms with Crippen molar-refractivity contribution < 1.29 is 9.66 Å². The second-order valence-electron chi connectivity index (χ2n) is 4.07. The molecule has 1 aromatic carbocycles. The minimum atomic E-state index is -0.460. The Morgan fingerprint density at radius 3 is 2.58 bits per heavy atom. The molecule has 0 radical (unpaired) electrons. The molecule has 2 aromatic rings. The van der Waals surface area contributed by atoms with Crippen molar-refractivity contribution in [3.63, 3.8) is 0 Å². The fraction of sp³-hybridized carbons (Fsp3) is 0.154. The molecule has 1 heterocycles. The van der Waals surface area contributed by atoms with Gasteiger partial charge in [-0.2, -0.15) is 0 Å². The van der Waals surface area contributed by atoms with Gasteiger partial charge in [-0.05, 0) is 30.7 Å². The summed E-state index contributed by atoms with van der Waals surface area (Å²) < 4.78 is 5.51. The average molecular weight is 259 g/mol. The van der Waals surface area contributed by atoms with Gasteiger partial charge in [0.25, 0.3) is 5.69 Å². The maximum atomic E-state index is 10.5. The number of nitro groups is 1. The Hall–Kier alpha value is -2.47. The van der Waals surface area contributed by atoms with Gasteiger partial charge in [0.2, 0.25) is 5.88 Å². The zero-order chi connectivity index (χ0) is 13.8. The number of non-ortho nitro benzene ring substituents is 1. The molecule has 0 aliphatic carbocycles. The average Bonchev–Trinajstić information content (AvgIpc) is 2.39. The van der Waals surface area contributed by atoms with E-state index in [1.807, 2.05) is 13.0 Å². The number of pyridine rings is 1. The fourth-order valence-corrected chi connectivity index (χ4v) is 1.52. The molecule has 0 aliphatic rings. The highest BCUT2D eigenvalue weighted by Crippen LogP contribution is 2.23. The number of nitrogens with two attached hydrogens (primary N) is 1. The van der Waals surface area contributed by atoms with Crippen LogP contribution in [0.2, 0.25) is 0 Å². The lowest BCUT2D eigenvalue weighted by Crippen LogP contribution is -2.05. The SMILES string of the molecule is C[C@H](N)c1ccnc(Oc2ccc([N+](=O)[O-])cc2)c1. The summed E-state index contributed by atoms with van der Waals surface area (Å²) in [6.45, 7) is 1.87. The third-order valence-electron chi connectivity index (χ3n) is 2.55. The van der Waals surface area contributed by atoms with Gasteiger partial charge in [0, 0.05) is 30.4 Å². The molecule has 1 aromatic heterocycles. The molecular formula is C13H13N3O3. The highest BCUT2D eigenvalue weighted by Gasteiger charge is 2.06. The number of aromatic nitrogens is 1. The first-order valence-corrected chi connectivity index (χ1v) is 5.70. The van der Waals surface area contributed by atoms with Crippen LogP contribution in [0.15, 0.2) is 42.6 Å². The summed E-state index contributed by atoms with van der Waals surface area (Å²) in [6.07, 6.45) is 1.61. The van der Waals surface area contributed by atoms with Crippen LogP contribution < -0.4 is 10.5 Å². The molecule has 2 N–H and O–H groups in total. The first kappa shape index (κ1) is 13.0. The monoisotopic (exact) mass is 259 g/mol. The minimum absolute atomic E-state index is 0.0182. The van der Waals surface area contributed by atoms with E-state index in [1.54, 1.807) is 12.3 Å². The molecule has 0 spiro atoms. The van der Waals surface area contributed by atoms with Gasteiger partial charge in [0.1, 0.15) is 5.75 Å². The van der Waals surface area contributed by atoms with Gasteiger partial charge in [-0.15, -0.1) is 0 Å². The highest BCUT2D eigenvalue weighted by atomic mass is 16.6. The molecule has 1 atom stereocenters. The van der Waals surface area contributed by atoms with Crippen LogP contribution in [0.4, 0.5) is 5.69 Å². The van der Waals surface area contributed by atoms with Crippen molar-refractivity contribution in [2.75, 3.05) is 0 Å². The molecule has 0 saturated heterocycles. The van der Waals surface area contributed by atoms with E-state index in [-0.39, 0.29) is 11.7 Å². The molecule has 6 heteroatoms. The third kappa shape index (κ3) is 3.26. The number of ether oxygens (including phenoxy) is 1. The van der Waals surface area contributed by atoms with Crippen molar-refractivity contribution >= 4 is 5.69 Å². The summed E-state index contributed by atoms with van der Waals surface area (Å²) in [5.74, 6) is 0.892. The Kier molecular flexibility index (Phi) is 3.72. The molecule has 19 heavy (non-hydrogen) atoms. The van der Waals surface area contributed by atoms with Gasteiger partial charge in [0.05, 0.1) is 4.92 Å². The molecule has 0 amide bonds. The summed E-state index contributed by atoms with van der Waals surface area (Å²) in [6, 6.07) is 9.26. The minimum Gasteiger partial charge on any atom is -0.439 e. The zero-order valence-electron chi connectivity index (χ0n) is 10.3. The quantitative estimate of drug-likeness (QED) is 0.673. The Bertz CT molecular complexity index is 582. The summed E-state index contributed by atoms with van der Waals surface area (Å²) in [5, 5.41) is 10.5. The van der Waals surface area contributed by atoms with Crippen LogP contribution in [0, 0.1) is 10.1 Å². The number of nitro benzene ring substituents is 1. The predicted octanol–water partition coefficient (Wildman–Crippen LogP) is 2.80. The van der Waals surface area contributed by atoms with Crippen LogP contribution in [0.5, 0.6) is 11.6 Å². The molecule has 0 bridgehead atoms. The number of rotatable bonds is 4. The number of benzene rings is 1. The lowest BCUT2D eigenvalue weighted by molar-refractivity contribution is -0.384. The van der Waals surface area contributed by atoms with E-state index in [1.165, 1.54) is 24.3 Å². The van der Waals surface area contributed by atoms with Crippen molar-refractivity contribution in [3.8, 4) is 11.6 Å². The van der Waals surface area contributed by atoms with Crippen molar-refractivity contribution in [1.82, 2.24) is 4.98 Å². The topological polar surface area (TPSA) is 91.3 Å². The molecule has 6 nitrogen and oxygen atoms in total. The molecular weight excluding hydrogens is 246 g/mol. The first-order valence-electron chi connectivity index (χ1n) is 5.70. The van der Waals surface area contributed by atoms with Gasteiger partial charge >= 0.3 is 0 Å². The Balaban J connectivity index is 2.16. The Morgan fingerprint density at radius 1 is 1.32 bits per heavy atom. The molecule has 0 fully saturated rings. The van der Waals surface area contributed by atoms with E-state index in [4.69, 9.17) is 10.5 Å². The van der Waals surface area contributed by atoms with Crippen LogP contribution in [-0.4, -0.2) is 9.91 Å². The highest BCUT2D eigenvalue weighted by molar-refractivity contribution is 5.38. The summed E-state index contributed by atoms with van der Waals surface area (Å²) in [4.78, 5) is 14.1. The Morgan fingerprint density at radius 2 is 2.00 bits per heavy atom. The van der Waals surface area contributed by atoms with Crippen LogP contribution >= 0.6 is 0 Å². The number of nitrogens with zero attached hydrogens (tertiary/aromatic N) is 2. The lowest BCUT2D eigenvalue weighted by Gasteiger charge is -2.08. The van der Waals surface area contributed by atoms with Gasteiger partial charge < -0.3 is 10.5 Å². The van der Waals surface area contributed by atoms with Gasteiger partial charge in [-0.1, -0.05) is 0 Å². The standard InChI is InChI=1S/C13H13N3O3/c1-9(14)10-6-7-15-13(8-10)19-12-4-2-11(3-5-12)16(17)18/h2-9H,14H2,1H3/t9-/m0/s1. The number of hydrogen-bond donors (Lipinski definition) is 1. The number of hydrogen-bond acceptors (Lipinski definition) is 5. The maximum absolute atomic E-state index is 10.5. The predicted molar refractivity (Wildman–Crippen MR) is 70.0 cm³/mol. The van der Waals surface area contributed by atoms with Crippen LogP contribution in [0.1, 0.15) is 18.5 Å². The molecule has 0 unspecified atom stereocenters. The second kappa shape index (κ2) is 5.45. The van der Waals surface area contributed by atoms with Crippen molar-refractivity contribution in [2.24, 2.45) is 5.73 Å². The third-order valence-corrected chi connectivity index (χ3v) is 2.55. The maximum Gasteiger partial charge on any atom is 0.269 e. The van der Waals surface area contributed by atoms with Crippen molar-refractivity contribution in [3.05, 3.63) is 58.3 Å².